The number of nitrogens with zero attached hydrogens (tertiary/aromatic N) is 2. The molecule has 0 heterocycles. The molecule has 0 unspecified atom stereocenters. The Hall–Kier alpha value is -2.28. The minimum Gasteiger partial charge on any atom is -0.490 e. The molecule has 0 aliphatic rings. The molecule has 2 aromatic carbocycles. The molecule has 1 N–H and O–H groups in total. The third kappa shape index (κ3) is 7.38. The second kappa shape index (κ2) is 11.5. The topological polar surface area (TPSA) is 54.0 Å². The normalized spacial score (nSPS) is 10.8. The lowest BCUT2D eigenvalue weighted by molar-refractivity contribution is 0.146. The summed E-state index contributed by atoms with van der Waals surface area (Å²) in [5.74, 6) is 0.561. The lowest BCUT2D eigenvalue weighted by atomic mass is 10.2. The molecule has 0 fully saturated rings. The Kier molecular flexibility index (Phi) is 9.07. The highest BCUT2D eigenvalue weighted by Gasteiger charge is 2.15. The molecular formula is C21H28ClN3O3. The van der Waals surface area contributed by atoms with Crippen molar-refractivity contribution in [2.45, 2.75) is 6.54 Å². The second-order valence-electron chi connectivity index (χ2n) is 6.63. The maximum absolute atomic E-state index is 12.8. The Labute approximate surface area is 172 Å². The van der Waals surface area contributed by atoms with Gasteiger partial charge in [-0.05, 0) is 37.9 Å². The van der Waals surface area contributed by atoms with Crippen LogP contribution in [0.2, 0.25) is 5.02 Å². The molecule has 0 bridgehead atoms. The number of urea groups is 1. The molecule has 0 saturated heterocycles. The van der Waals surface area contributed by atoms with Crippen LogP contribution in [-0.4, -0.2) is 63.3 Å². The van der Waals surface area contributed by atoms with E-state index < -0.39 is 0 Å². The fourth-order valence-electron chi connectivity index (χ4n) is 2.51. The first kappa shape index (κ1) is 22.0. The number of likely N-dealkylation sites (N-methyl/N-ethyl adjacent to an activating group) is 1. The quantitative estimate of drug-likeness (QED) is 0.608. The molecule has 2 rings (SSSR count). The number of hydrogen-bond donors (Lipinski definition) is 1. The number of carbonyl (C=O) groups is 1. The SMILES string of the molecule is COCCOc1ccc(NC(=O)N(CCN(C)C)Cc2ccccc2)cc1Cl. The lowest BCUT2D eigenvalue weighted by Gasteiger charge is -2.25. The predicted molar refractivity (Wildman–Crippen MR) is 113 cm³/mol. The first-order valence-electron chi connectivity index (χ1n) is 9.15. The molecule has 0 atom stereocenters. The summed E-state index contributed by atoms with van der Waals surface area (Å²) < 4.78 is 10.5. The average molecular weight is 406 g/mol. The van der Waals surface area contributed by atoms with Crippen molar-refractivity contribution < 1.29 is 14.3 Å². The van der Waals surface area contributed by atoms with Crippen molar-refractivity contribution in [2.24, 2.45) is 0 Å². The van der Waals surface area contributed by atoms with Crippen LogP contribution in [0.25, 0.3) is 0 Å². The Morgan fingerprint density at radius 3 is 2.46 bits per heavy atom. The van der Waals surface area contributed by atoms with E-state index in [0.717, 1.165) is 12.1 Å². The van der Waals surface area contributed by atoms with Crippen molar-refractivity contribution in [1.82, 2.24) is 9.80 Å². The number of benzene rings is 2. The summed E-state index contributed by atoms with van der Waals surface area (Å²) in [7, 11) is 5.59. The maximum atomic E-state index is 12.8. The van der Waals surface area contributed by atoms with Crippen LogP contribution >= 0.6 is 11.6 Å². The molecule has 0 radical (unpaired) electrons. The van der Waals surface area contributed by atoms with E-state index in [9.17, 15) is 4.79 Å². The summed E-state index contributed by atoms with van der Waals surface area (Å²) in [6.45, 7) is 2.81. The van der Waals surface area contributed by atoms with Gasteiger partial charge in [0, 0.05) is 32.4 Å². The van der Waals surface area contributed by atoms with E-state index in [0.29, 0.717) is 42.8 Å². The summed E-state index contributed by atoms with van der Waals surface area (Å²) in [6, 6.07) is 15.0. The van der Waals surface area contributed by atoms with Crippen LogP contribution in [0.3, 0.4) is 0 Å². The van der Waals surface area contributed by atoms with Gasteiger partial charge in [0.2, 0.25) is 0 Å². The summed E-state index contributed by atoms with van der Waals surface area (Å²) in [6.07, 6.45) is 0. The van der Waals surface area contributed by atoms with E-state index in [1.54, 1.807) is 30.2 Å². The van der Waals surface area contributed by atoms with Gasteiger partial charge in [-0.2, -0.15) is 0 Å². The highest BCUT2D eigenvalue weighted by atomic mass is 35.5. The number of nitrogens with one attached hydrogen (secondary N) is 1. The van der Waals surface area contributed by atoms with E-state index in [4.69, 9.17) is 21.1 Å². The van der Waals surface area contributed by atoms with E-state index in [1.807, 2.05) is 49.3 Å². The molecular weight excluding hydrogens is 378 g/mol. The molecule has 0 spiro atoms. The van der Waals surface area contributed by atoms with Gasteiger partial charge < -0.3 is 24.6 Å². The van der Waals surface area contributed by atoms with E-state index in [1.165, 1.54) is 0 Å². The molecule has 6 nitrogen and oxygen atoms in total. The van der Waals surface area contributed by atoms with Crippen molar-refractivity contribution in [3.05, 3.63) is 59.1 Å². The molecule has 0 saturated carbocycles. The number of ether oxygens (including phenoxy) is 2. The van der Waals surface area contributed by atoms with E-state index >= 15 is 0 Å². The van der Waals surface area contributed by atoms with Gasteiger partial charge in [0.25, 0.3) is 0 Å². The van der Waals surface area contributed by atoms with Crippen molar-refractivity contribution in [1.29, 1.82) is 0 Å². The van der Waals surface area contributed by atoms with Crippen LogP contribution in [0.15, 0.2) is 48.5 Å². The predicted octanol–water partition coefficient (Wildman–Crippen LogP) is 3.96. The average Bonchev–Trinajstić information content (AvgIpc) is 2.67. The molecule has 152 valence electrons. The summed E-state index contributed by atoms with van der Waals surface area (Å²) in [5, 5.41) is 3.37. The highest BCUT2D eigenvalue weighted by molar-refractivity contribution is 6.32. The summed E-state index contributed by atoms with van der Waals surface area (Å²) >= 11 is 6.27. The van der Waals surface area contributed by atoms with E-state index in [-0.39, 0.29) is 6.03 Å². The Morgan fingerprint density at radius 2 is 1.82 bits per heavy atom. The number of halogens is 1. The second-order valence-corrected chi connectivity index (χ2v) is 7.03. The van der Waals surface area contributed by atoms with Crippen LogP contribution in [0.4, 0.5) is 10.5 Å². The van der Waals surface area contributed by atoms with Gasteiger partial charge in [0.15, 0.2) is 0 Å². The maximum Gasteiger partial charge on any atom is 0.322 e. The first-order chi connectivity index (χ1) is 13.5. The summed E-state index contributed by atoms with van der Waals surface area (Å²) in [5.41, 5.74) is 1.70. The molecule has 28 heavy (non-hydrogen) atoms. The van der Waals surface area contributed by atoms with E-state index in [2.05, 4.69) is 5.32 Å². The van der Waals surface area contributed by atoms with Crippen molar-refractivity contribution in [3.63, 3.8) is 0 Å². The summed E-state index contributed by atoms with van der Waals surface area (Å²) in [4.78, 5) is 16.7. The minimum atomic E-state index is -0.171. The fourth-order valence-corrected chi connectivity index (χ4v) is 2.75. The van der Waals surface area contributed by atoms with Crippen LogP contribution in [0.5, 0.6) is 5.75 Å². The van der Waals surface area contributed by atoms with Crippen LogP contribution in [-0.2, 0) is 11.3 Å². The largest absolute Gasteiger partial charge is 0.490 e. The lowest BCUT2D eigenvalue weighted by Crippen LogP contribution is -2.39. The Bertz CT molecular complexity index is 741. The molecule has 2 aromatic rings. The highest BCUT2D eigenvalue weighted by Crippen LogP contribution is 2.27. The number of amides is 2. The molecule has 0 aliphatic carbocycles. The third-order valence-electron chi connectivity index (χ3n) is 4.05. The van der Waals surface area contributed by atoms with Crippen molar-refractivity contribution in [2.75, 3.05) is 52.8 Å². The van der Waals surface area contributed by atoms with Gasteiger partial charge in [-0.3, -0.25) is 0 Å². The third-order valence-corrected chi connectivity index (χ3v) is 4.34. The number of rotatable bonds is 10. The monoisotopic (exact) mass is 405 g/mol. The van der Waals surface area contributed by atoms with Gasteiger partial charge in [-0.15, -0.1) is 0 Å². The van der Waals surface area contributed by atoms with Gasteiger partial charge in [0.1, 0.15) is 12.4 Å². The molecule has 0 aliphatic heterocycles. The number of hydrogen-bond acceptors (Lipinski definition) is 4. The molecule has 0 aromatic heterocycles. The minimum absolute atomic E-state index is 0.171. The van der Waals surface area contributed by atoms with Crippen LogP contribution in [0, 0.1) is 0 Å². The van der Waals surface area contributed by atoms with Gasteiger partial charge in [-0.25, -0.2) is 4.79 Å². The Balaban J connectivity index is 2.03. The van der Waals surface area contributed by atoms with Gasteiger partial charge in [0.05, 0.1) is 11.6 Å². The van der Waals surface area contributed by atoms with Crippen LogP contribution < -0.4 is 10.1 Å². The van der Waals surface area contributed by atoms with Crippen molar-refractivity contribution >= 4 is 23.3 Å². The molecule has 2 amide bonds. The van der Waals surface area contributed by atoms with Crippen molar-refractivity contribution in [3.8, 4) is 5.75 Å². The standard InChI is InChI=1S/C21H28ClN3O3/c1-24(2)11-12-25(16-17-7-5-4-6-8-17)21(26)23-18-9-10-20(19(22)15-18)28-14-13-27-3/h4-10,15H,11-14,16H2,1-3H3,(H,23,26). The van der Waals surface area contributed by atoms with Crippen LogP contribution in [0.1, 0.15) is 5.56 Å². The zero-order valence-corrected chi connectivity index (χ0v) is 17.4. The Morgan fingerprint density at radius 1 is 1.07 bits per heavy atom. The number of carbonyl (C=O) groups excluding carboxylic acids is 1. The zero-order valence-electron chi connectivity index (χ0n) is 16.7. The first-order valence-corrected chi connectivity index (χ1v) is 9.53. The zero-order chi connectivity index (χ0) is 20.4. The number of anilines is 1. The number of methoxy groups -OCH3 is 1. The fraction of sp³-hybridized carbons (Fsp3) is 0.381. The smallest absolute Gasteiger partial charge is 0.322 e. The van der Waals surface area contributed by atoms with Gasteiger partial charge in [-0.1, -0.05) is 41.9 Å². The van der Waals surface area contributed by atoms with Gasteiger partial charge >= 0.3 is 6.03 Å². The molecule has 7 heteroatoms.